The maximum absolute atomic E-state index is 12.5. The summed E-state index contributed by atoms with van der Waals surface area (Å²) in [7, 11) is 0. The second-order valence-electron chi connectivity index (χ2n) is 7.45. The van der Waals surface area contributed by atoms with Crippen molar-refractivity contribution in [3.63, 3.8) is 0 Å². The van der Waals surface area contributed by atoms with E-state index in [4.69, 9.17) is 9.72 Å². The van der Waals surface area contributed by atoms with Gasteiger partial charge < -0.3 is 14.6 Å². The number of amides is 1. The van der Waals surface area contributed by atoms with E-state index in [1.165, 1.54) is 0 Å². The Kier molecular flexibility index (Phi) is 5.05. The molecule has 0 radical (unpaired) electrons. The molecule has 2 fully saturated rings. The fourth-order valence-corrected chi connectivity index (χ4v) is 4.98. The van der Waals surface area contributed by atoms with Crippen LogP contribution < -0.4 is 5.56 Å². The van der Waals surface area contributed by atoms with Crippen LogP contribution in [-0.4, -0.2) is 64.6 Å². The number of ether oxygens (including phenoxy) is 1. The molecule has 7 nitrogen and oxygen atoms in total. The Balaban J connectivity index is 1.46. The van der Waals surface area contributed by atoms with Gasteiger partial charge in [-0.25, -0.2) is 4.98 Å². The van der Waals surface area contributed by atoms with Gasteiger partial charge in [-0.1, -0.05) is 0 Å². The van der Waals surface area contributed by atoms with E-state index >= 15 is 0 Å². The molecule has 2 aromatic rings. The second-order valence-corrected chi connectivity index (χ2v) is 8.66. The fraction of sp³-hybridized carbons (Fsp3) is 0.632. The monoisotopic (exact) mass is 390 g/mol. The molecule has 0 aromatic carbocycles. The summed E-state index contributed by atoms with van der Waals surface area (Å²) < 4.78 is 5.52. The van der Waals surface area contributed by atoms with Crippen LogP contribution in [0.5, 0.6) is 0 Å². The molecular weight excluding hydrogens is 364 g/mol. The summed E-state index contributed by atoms with van der Waals surface area (Å²) in [5.74, 6) is 0.824. The van der Waals surface area contributed by atoms with E-state index in [2.05, 4.69) is 16.8 Å². The van der Waals surface area contributed by atoms with Gasteiger partial charge in [-0.15, -0.1) is 11.3 Å². The highest BCUT2D eigenvalue weighted by Gasteiger charge is 2.32. The first-order valence-electron chi connectivity index (χ1n) is 9.60. The predicted molar refractivity (Wildman–Crippen MR) is 105 cm³/mol. The van der Waals surface area contributed by atoms with E-state index in [0.717, 1.165) is 41.2 Å². The van der Waals surface area contributed by atoms with Gasteiger partial charge in [-0.3, -0.25) is 14.5 Å². The molecule has 27 heavy (non-hydrogen) atoms. The van der Waals surface area contributed by atoms with E-state index in [1.54, 1.807) is 11.3 Å². The number of carbonyl (C=O) groups excluding carboxylic acids is 1. The minimum absolute atomic E-state index is 0.00444. The van der Waals surface area contributed by atoms with Gasteiger partial charge in [0.05, 0.1) is 11.4 Å². The number of H-pyrrole nitrogens is 1. The molecule has 2 aliphatic heterocycles. The Labute approximate surface area is 162 Å². The number of hydrogen-bond donors (Lipinski definition) is 1. The highest BCUT2D eigenvalue weighted by Crippen LogP contribution is 2.27. The van der Waals surface area contributed by atoms with Gasteiger partial charge in [0.2, 0.25) is 0 Å². The molecular formula is C19H26N4O3S. The third kappa shape index (κ3) is 3.41. The normalized spacial score (nSPS) is 22.5. The maximum Gasteiger partial charge on any atom is 0.259 e. The number of aromatic nitrogens is 2. The smallest absolute Gasteiger partial charge is 0.259 e. The molecule has 4 heterocycles. The van der Waals surface area contributed by atoms with Crippen molar-refractivity contribution in [3.8, 4) is 0 Å². The van der Waals surface area contributed by atoms with Crippen molar-refractivity contribution >= 4 is 27.5 Å². The zero-order valence-electron chi connectivity index (χ0n) is 16.1. The van der Waals surface area contributed by atoms with Gasteiger partial charge >= 0.3 is 0 Å². The number of rotatable bonds is 3. The van der Waals surface area contributed by atoms with Gasteiger partial charge in [-0.05, 0) is 39.2 Å². The van der Waals surface area contributed by atoms with Gasteiger partial charge in [0.15, 0.2) is 0 Å². The van der Waals surface area contributed by atoms with Gasteiger partial charge in [0, 0.05) is 37.7 Å². The Bertz CT molecular complexity index is 908. The summed E-state index contributed by atoms with van der Waals surface area (Å²) in [6, 6.07) is 0.00444. The number of nitrogens with zero attached hydrogens (tertiary/aromatic N) is 3. The number of nitrogens with one attached hydrogen (secondary N) is 1. The maximum atomic E-state index is 12.5. The van der Waals surface area contributed by atoms with Crippen LogP contribution in [-0.2, 0) is 9.53 Å². The predicted octanol–water partition coefficient (Wildman–Crippen LogP) is 1.99. The van der Waals surface area contributed by atoms with Crippen LogP contribution in [0.4, 0.5) is 0 Å². The molecule has 8 heteroatoms. The first kappa shape index (κ1) is 18.6. The second kappa shape index (κ2) is 7.33. The molecule has 0 aliphatic carbocycles. The van der Waals surface area contributed by atoms with E-state index in [-0.39, 0.29) is 23.6 Å². The standard InChI is InChI=1S/C19H26N4O3S/c1-11-13(3)27-18-15(11)17(24)20-16(21-18)12(2)22-6-8-23(9-7-22)19(25)14-5-4-10-26-14/h12,14H,4-10H2,1-3H3,(H,20,21,24)/t12-,14-/m1/s1. The molecule has 146 valence electrons. The average molecular weight is 391 g/mol. The zero-order valence-corrected chi connectivity index (χ0v) is 16.9. The number of aromatic amines is 1. The van der Waals surface area contributed by atoms with Crippen molar-refractivity contribution in [2.75, 3.05) is 32.8 Å². The number of piperazine rings is 1. The van der Waals surface area contributed by atoms with Gasteiger partial charge in [-0.2, -0.15) is 0 Å². The Morgan fingerprint density at radius 1 is 1.30 bits per heavy atom. The lowest BCUT2D eigenvalue weighted by Crippen LogP contribution is -2.52. The highest BCUT2D eigenvalue weighted by atomic mass is 32.1. The molecule has 0 saturated carbocycles. The topological polar surface area (TPSA) is 78.5 Å². The SMILES string of the molecule is Cc1sc2nc([C@@H](C)N3CCN(C(=O)[C@H]4CCCO4)CC3)[nH]c(=O)c2c1C. The highest BCUT2D eigenvalue weighted by molar-refractivity contribution is 7.18. The summed E-state index contributed by atoms with van der Waals surface area (Å²) in [6.07, 6.45) is 1.55. The molecule has 1 N–H and O–H groups in total. The molecule has 2 aliphatic rings. The fourth-order valence-electron chi connectivity index (χ4n) is 3.95. The number of thiophene rings is 1. The zero-order chi connectivity index (χ0) is 19.1. The molecule has 2 atom stereocenters. The van der Waals surface area contributed by atoms with Gasteiger partial charge in [0.25, 0.3) is 11.5 Å². The number of fused-ring (bicyclic) bond motifs is 1. The van der Waals surface area contributed by atoms with Crippen LogP contribution in [0.15, 0.2) is 4.79 Å². The summed E-state index contributed by atoms with van der Waals surface area (Å²) >= 11 is 1.57. The lowest BCUT2D eigenvalue weighted by molar-refractivity contribution is -0.143. The van der Waals surface area contributed by atoms with Crippen molar-refractivity contribution in [1.82, 2.24) is 19.8 Å². The van der Waals surface area contributed by atoms with E-state index in [1.807, 2.05) is 18.7 Å². The van der Waals surface area contributed by atoms with Crippen molar-refractivity contribution in [2.24, 2.45) is 0 Å². The quantitative estimate of drug-likeness (QED) is 0.867. The summed E-state index contributed by atoms with van der Waals surface area (Å²) in [5, 5.41) is 0.709. The van der Waals surface area contributed by atoms with Crippen LogP contribution in [0.1, 0.15) is 42.1 Å². The third-order valence-corrected chi connectivity index (χ3v) is 6.93. The van der Waals surface area contributed by atoms with Crippen molar-refractivity contribution in [3.05, 3.63) is 26.6 Å². The third-order valence-electron chi connectivity index (χ3n) is 5.83. The molecule has 0 spiro atoms. The number of hydrogen-bond acceptors (Lipinski definition) is 6. The summed E-state index contributed by atoms with van der Waals surface area (Å²) in [5.41, 5.74) is 0.958. The van der Waals surface area contributed by atoms with Crippen LogP contribution in [0, 0.1) is 13.8 Å². The van der Waals surface area contributed by atoms with Crippen LogP contribution in [0.2, 0.25) is 0 Å². The minimum atomic E-state index is -0.250. The molecule has 0 bridgehead atoms. The van der Waals surface area contributed by atoms with Crippen molar-refractivity contribution in [1.29, 1.82) is 0 Å². The first-order chi connectivity index (χ1) is 13.0. The van der Waals surface area contributed by atoms with Crippen LogP contribution in [0.3, 0.4) is 0 Å². The van der Waals surface area contributed by atoms with E-state index in [9.17, 15) is 9.59 Å². The van der Waals surface area contributed by atoms with E-state index < -0.39 is 0 Å². The largest absolute Gasteiger partial charge is 0.368 e. The van der Waals surface area contributed by atoms with Crippen LogP contribution in [0.25, 0.3) is 10.2 Å². The average Bonchev–Trinajstić information content (AvgIpc) is 3.29. The Hall–Kier alpha value is -1.77. The summed E-state index contributed by atoms with van der Waals surface area (Å²) in [4.78, 5) is 38.9. The lowest BCUT2D eigenvalue weighted by atomic mass is 10.1. The van der Waals surface area contributed by atoms with Crippen LogP contribution >= 0.6 is 11.3 Å². The molecule has 1 amide bonds. The van der Waals surface area contributed by atoms with Crippen molar-refractivity contribution < 1.29 is 9.53 Å². The molecule has 0 unspecified atom stereocenters. The molecule has 2 saturated heterocycles. The molecule has 4 rings (SSSR count). The first-order valence-corrected chi connectivity index (χ1v) is 10.4. The molecule has 2 aromatic heterocycles. The lowest BCUT2D eigenvalue weighted by Gasteiger charge is -2.38. The minimum Gasteiger partial charge on any atom is -0.368 e. The van der Waals surface area contributed by atoms with E-state index in [0.29, 0.717) is 30.9 Å². The number of carbonyl (C=O) groups is 1. The summed E-state index contributed by atoms with van der Waals surface area (Å²) in [6.45, 7) is 9.66. The van der Waals surface area contributed by atoms with Gasteiger partial charge in [0.1, 0.15) is 16.8 Å². The number of aryl methyl sites for hydroxylation is 2. The Morgan fingerprint density at radius 2 is 2.04 bits per heavy atom. The van der Waals surface area contributed by atoms with Crippen molar-refractivity contribution in [2.45, 2.75) is 45.8 Å². The Morgan fingerprint density at radius 3 is 2.70 bits per heavy atom.